The fourth-order valence-electron chi connectivity index (χ4n) is 2.00. The van der Waals surface area contributed by atoms with Crippen molar-refractivity contribution in [1.82, 2.24) is 4.98 Å². The number of hydrogen-bond donors (Lipinski definition) is 1. The number of hydrogen-bond acceptors (Lipinski definition) is 3. The van der Waals surface area contributed by atoms with Gasteiger partial charge < -0.3 is 9.84 Å². The van der Waals surface area contributed by atoms with Gasteiger partial charge in [0.05, 0.1) is 5.69 Å². The standard InChI is InChI=1S/C13H10BrNO2/c14-8-3-4-12-10(6-8)13(16)9-2-1-5-15-11(9)7-17-12/h1-6,13,16H,7H2. The Morgan fingerprint density at radius 2 is 2.18 bits per heavy atom. The van der Waals surface area contributed by atoms with Crippen molar-refractivity contribution >= 4 is 15.9 Å². The highest BCUT2D eigenvalue weighted by Gasteiger charge is 2.23. The number of rotatable bonds is 0. The van der Waals surface area contributed by atoms with Crippen LogP contribution in [0.5, 0.6) is 5.75 Å². The minimum absolute atomic E-state index is 0.391. The van der Waals surface area contributed by atoms with E-state index in [1.807, 2.05) is 30.3 Å². The maximum absolute atomic E-state index is 10.4. The molecule has 1 N–H and O–H groups in total. The Kier molecular flexibility index (Phi) is 2.61. The van der Waals surface area contributed by atoms with Crippen LogP contribution in [0, 0.1) is 0 Å². The molecule has 1 aliphatic heterocycles. The quantitative estimate of drug-likeness (QED) is 0.812. The molecule has 1 atom stereocenters. The largest absolute Gasteiger partial charge is 0.487 e. The first-order valence-electron chi connectivity index (χ1n) is 5.30. The van der Waals surface area contributed by atoms with E-state index in [0.29, 0.717) is 12.4 Å². The molecule has 2 heterocycles. The highest BCUT2D eigenvalue weighted by Crippen LogP contribution is 2.36. The van der Waals surface area contributed by atoms with E-state index in [1.165, 1.54) is 0 Å². The number of benzene rings is 1. The van der Waals surface area contributed by atoms with Crippen LogP contribution in [0.15, 0.2) is 41.0 Å². The molecule has 0 radical (unpaired) electrons. The van der Waals surface area contributed by atoms with E-state index >= 15 is 0 Å². The molecule has 0 fully saturated rings. The van der Waals surface area contributed by atoms with Gasteiger partial charge in [-0.1, -0.05) is 22.0 Å². The second-order valence-electron chi connectivity index (χ2n) is 3.91. The number of fused-ring (bicyclic) bond motifs is 2. The van der Waals surface area contributed by atoms with Crippen LogP contribution in [0.1, 0.15) is 22.9 Å². The molecule has 0 spiro atoms. The number of pyridine rings is 1. The van der Waals surface area contributed by atoms with Crippen molar-refractivity contribution < 1.29 is 9.84 Å². The van der Waals surface area contributed by atoms with Crippen molar-refractivity contribution in [2.75, 3.05) is 0 Å². The van der Waals surface area contributed by atoms with Gasteiger partial charge >= 0.3 is 0 Å². The predicted octanol–water partition coefficient (Wildman–Crippen LogP) is 2.82. The van der Waals surface area contributed by atoms with Gasteiger partial charge in [0.25, 0.3) is 0 Å². The molecule has 86 valence electrons. The van der Waals surface area contributed by atoms with Gasteiger partial charge in [-0.25, -0.2) is 0 Å². The van der Waals surface area contributed by atoms with Gasteiger partial charge in [0, 0.05) is 21.8 Å². The van der Waals surface area contributed by atoms with Crippen LogP contribution in [0.4, 0.5) is 0 Å². The van der Waals surface area contributed by atoms with Crippen LogP contribution >= 0.6 is 15.9 Å². The zero-order chi connectivity index (χ0) is 11.8. The molecule has 0 aliphatic carbocycles. The average molecular weight is 292 g/mol. The molecule has 17 heavy (non-hydrogen) atoms. The van der Waals surface area contributed by atoms with Gasteiger partial charge in [-0.15, -0.1) is 0 Å². The van der Waals surface area contributed by atoms with E-state index in [4.69, 9.17) is 4.74 Å². The average Bonchev–Trinajstić information content (AvgIpc) is 2.49. The summed E-state index contributed by atoms with van der Waals surface area (Å²) >= 11 is 3.40. The van der Waals surface area contributed by atoms with Gasteiger partial charge in [0.1, 0.15) is 18.5 Å². The topological polar surface area (TPSA) is 42.4 Å². The van der Waals surface area contributed by atoms with Gasteiger partial charge in [-0.3, -0.25) is 4.98 Å². The predicted molar refractivity (Wildman–Crippen MR) is 66.8 cm³/mol. The minimum Gasteiger partial charge on any atom is -0.487 e. The third kappa shape index (κ3) is 1.83. The molecule has 1 aliphatic rings. The maximum Gasteiger partial charge on any atom is 0.131 e. The van der Waals surface area contributed by atoms with Crippen molar-refractivity contribution in [2.45, 2.75) is 12.7 Å². The highest BCUT2D eigenvalue weighted by atomic mass is 79.9. The van der Waals surface area contributed by atoms with E-state index in [1.54, 1.807) is 6.20 Å². The fourth-order valence-corrected chi connectivity index (χ4v) is 2.38. The summed E-state index contributed by atoms with van der Waals surface area (Å²) in [5, 5.41) is 10.4. The Morgan fingerprint density at radius 3 is 3.06 bits per heavy atom. The van der Waals surface area contributed by atoms with Gasteiger partial charge in [0.2, 0.25) is 0 Å². The van der Waals surface area contributed by atoms with E-state index in [9.17, 15) is 5.11 Å². The van der Waals surface area contributed by atoms with Crippen molar-refractivity contribution in [2.24, 2.45) is 0 Å². The lowest BCUT2D eigenvalue weighted by molar-refractivity contribution is 0.218. The van der Waals surface area contributed by atoms with Crippen LogP contribution in [-0.4, -0.2) is 10.1 Å². The van der Waals surface area contributed by atoms with Crippen LogP contribution in [0.25, 0.3) is 0 Å². The van der Waals surface area contributed by atoms with E-state index in [0.717, 1.165) is 21.3 Å². The van der Waals surface area contributed by atoms with Crippen LogP contribution in [-0.2, 0) is 6.61 Å². The Bertz CT molecular complexity index is 571. The molecule has 0 saturated heterocycles. The van der Waals surface area contributed by atoms with Crippen LogP contribution < -0.4 is 4.74 Å². The van der Waals surface area contributed by atoms with Gasteiger partial charge in [-0.05, 0) is 24.3 Å². The minimum atomic E-state index is -0.686. The molecule has 0 saturated carbocycles. The van der Waals surface area contributed by atoms with Crippen molar-refractivity contribution in [3.8, 4) is 5.75 Å². The lowest BCUT2D eigenvalue weighted by atomic mass is 10.0. The van der Waals surface area contributed by atoms with Gasteiger partial charge in [0.15, 0.2) is 0 Å². The molecule has 0 amide bonds. The first-order valence-corrected chi connectivity index (χ1v) is 6.09. The lowest BCUT2D eigenvalue weighted by Gasteiger charge is -2.12. The summed E-state index contributed by atoms with van der Waals surface area (Å²) in [6.07, 6.45) is 1.02. The molecule has 3 rings (SSSR count). The number of aliphatic hydroxyl groups is 1. The number of ether oxygens (including phenoxy) is 1. The van der Waals surface area contributed by atoms with E-state index in [-0.39, 0.29) is 0 Å². The summed E-state index contributed by atoms with van der Waals surface area (Å²) < 4.78 is 6.58. The Balaban J connectivity index is 2.18. The maximum atomic E-state index is 10.4. The molecule has 2 aromatic rings. The first kappa shape index (κ1) is 10.7. The number of nitrogens with zero attached hydrogens (tertiary/aromatic N) is 1. The number of aromatic nitrogens is 1. The summed E-state index contributed by atoms with van der Waals surface area (Å²) in [5.41, 5.74) is 2.36. The van der Waals surface area contributed by atoms with Crippen molar-refractivity contribution in [3.05, 3.63) is 57.8 Å². The van der Waals surface area contributed by atoms with Gasteiger partial charge in [-0.2, -0.15) is 0 Å². The highest BCUT2D eigenvalue weighted by molar-refractivity contribution is 9.10. The number of halogens is 1. The van der Waals surface area contributed by atoms with Crippen molar-refractivity contribution in [1.29, 1.82) is 0 Å². The summed E-state index contributed by atoms with van der Waals surface area (Å²) in [6, 6.07) is 9.34. The Labute approximate surface area is 107 Å². The third-order valence-electron chi connectivity index (χ3n) is 2.85. The fraction of sp³-hybridized carbons (Fsp3) is 0.154. The molecular formula is C13H10BrNO2. The molecular weight excluding hydrogens is 282 g/mol. The Hall–Kier alpha value is -1.39. The number of aliphatic hydroxyl groups excluding tert-OH is 1. The zero-order valence-electron chi connectivity index (χ0n) is 8.93. The molecule has 0 bridgehead atoms. The van der Waals surface area contributed by atoms with Crippen molar-refractivity contribution in [3.63, 3.8) is 0 Å². The summed E-state index contributed by atoms with van der Waals surface area (Å²) in [5.74, 6) is 0.707. The monoisotopic (exact) mass is 291 g/mol. The van der Waals surface area contributed by atoms with Crippen LogP contribution in [0.2, 0.25) is 0 Å². The SMILES string of the molecule is OC1c2cc(Br)ccc2OCc2ncccc21. The van der Waals surface area contributed by atoms with E-state index in [2.05, 4.69) is 20.9 Å². The normalized spacial score (nSPS) is 17.6. The zero-order valence-corrected chi connectivity index (χ0v) is 10.5. The third-order valence-corrected chi connectivity index (χ3v) is 3.34. The molecule has 4 heteroatoms. The first-order chi connectivity index (χ1) is 8.25. The second-order valence-corrected chi connectivity index (χ2v) is 4.83. The van der Waals surface area contributed by atoms with Crippen LogP contribution in [0.3, 0.4) is 0 Å². The Morgan fingerprint density at radius 1 is 1.29 bits per heavy atom. The summed E-state index contributed by atoms with van der Waals surface area (Å²) in [6.45, 7) is 0.391. The molecule has 1 unspecified atom stereocenters. The second kappa shape index (κ2) is 4.13. The molecule has 1 aromatic carbocycles. The lowest BCUT2D eigenvalue weighted by Crippen LogP contribution is -2.02. The molecule has 3 nitrogen and oxygen atoms in total. The smallest absolute Gasteiger partial charge is 0.131 e. The molecule has 1 aromatic heterocycles. The summed E-state index contributed by atoms with van der Waals surface area (Å²) in [7, 11) is 0. The van der Waals surface area contributed by atoms with E-state index < -0.39 is 6.10 Å². The summed E-state index contributed by atoms with van der Waals surface area (Å²) in [4.78, 5) is 4.24.